The van der Waals surface area contributed by atoms with Gasteiger partial charge in [-0.2, -0.15) is 5.10 Å². The van der Waals surface area contributed by atoms with Gasteiger partial charge in [0.1, 0.15) is 5.75 Å². The molecule has 2 atom stereocenters. The molecular weight excluding hydrogens is 372 g/mol. The number of thioether (sulfide) groups is 1. The summed E-state index contributed by atoms with van der Waals surface area (Å²) in [6, 6.07) is 7.43. The quantitative estimate of drug-likeness (QED) is 0.736. The molecule has 1 aromatic heterocycles. The van der Waals surface area contributed by atoms with Gasteiger partial charge in [0.15, 0.2) is 0 Å². The fourth-order valence-corrected chi connectivity index (χ4v) is 5.18. The molecule has 2 bridgehead atoms. The molecular formula is C21H26N4O2S. The largest absolute Gasteiger partial charge is 0.492 e. The Bertz CT molecular complexity index is 917. The summed E-state index contributed by atoms with van der Waals surface area (Å²) in [6.45, 7) is 9.38. The first-order chi connectivity index (χ1) is 13.4. The second kappa shape index (κ2) is 7.03. The van der Waals surface area contributed by atoms with Gasteiger partial charge in [-0.25, -0.2) is 4.98 Å². The van der Waals surface area contributed by atoms with E-state index in [1.54, 1.807) is 0 Å². The maximum absolute atomic E-state index is 12.4. The van der Waals surface area contributed by atoms with Gasteiger partial charge in [0, 0.05) is 11.3 Å². The van der Waals surface area contributed by atoms with Crippen LogP contribution in [-0.4, -0.2) is 33.4 Å². The van der Waals surface area contributed by atoms with Gasteiger partial charge in [0.05, 0.1) is 29.4 Å². The highest BCUT2D eigenvalue weighted by Gasteiger charge is 2.61. The zero-order valence-corrected chi connectivity index (χ0v) is 17.6. The predicted octanol–water partition coefficient (Wildman–Crippen LogP) is 4.18. The molecule has 1 aromatic carbocycles. The molecule has 148 valence electrons. The van der Waals surface area contributed by atoms with Crippen molar-refractivity contribution in [1.82, 2.24) is 15.2 Å². The smallest absolute Gasteiger partial charge is 0.234 e. The van der Waals surface area contributed by atoms with Crippen LogP contribution >= 0.6 is 11.8 Å². The summed E-state index contributed by atoms with van der Waals surface area (Å²) in [5.74, 6) is 1.22. The minimum absolute atomic E-state index is 0.0386. The first-order valence-corrected chi connectivity index (χ1v) is 10.7. The number of benzene rings is 1. The van der Waals surface area contributed by atoms with Gasteiger partial charge in [-0.1, -0.05) is 44.7 Å². The first kappa shape index (κ1) is 19.2. The second-order valence-corrected chi connectivity index (χ2v) is 9.18. The third kappa shape index (κ3) is 2.96. The second-order valence-electron chi connectivity index (χ2n) is 8.24. The van der Waals surface area contributed by atoms with Crippen molar-refractivity contribution < 1.29 is 9.53 Å². The van der Waals surface area contributed by atoms with Gasteiger partial charge in [-0.05, 0) is 37.3 Å². The fourth-order valence-electron chi connectivity index (χ4n) is 4.59. The molecule has 0 radical (unpaired) electrons. The number of hydrogen-bond donors (Lipinski definition) is 1. The average Bonchev–Trinajstić information content (AvgIpc) is 3.00. The van der Waals surface area contributed by atoms with Gasteiger partial charge in [-0.15, -0.1) is 5.10 Å². The van der Waals surface area contributed by atoms with Crippen molar-refractivity contribution >= 4 is 23.4 Å². The van der Waals surface area contributed by atoms with Crippen LogP contribution in [-0.2, 0) is 10.2 Å². The Morgan fingerprint density at radius 2 is 2.07 bits per heavy atom. The maximum Gasteiger partial charge on any atom is 0.234 e. The Morgan fingerprint density at radius 1 is 1.29 bits per heavy atom. The highest BCUT2D eigenvalue weighted by molar-refractivity contribution is 7.99. The Labute approximate surface area is 169 Å². The molecule has 0 saturated heterocycles. The van der Waals surface area contributed by atoms with Crippen molar-refractivity contribution in [3.8, 4) is 5.75 Å². The van der Waals surface area contributed by atoms with Crippen molar-refractivity contribution in [1.29, 1.82) is 0 Å². The van der Waals surface area contributed by atoms with Crippen molar-refractivity contribution in [3.05, 3.63) is 35.7 Å². The van der Waals surface area contributed by atoms with E-state index >= 15 is 0 Å². The van der Waals surface area contributed by atoms with E-state index in [-0.39, 0.29) is 22.5 Å². The summed E-state index contributed by atoms with van der Waals surface area (Å²) in [5.41, 5.74) is 3.00. The van der Waals surface area contributed by atoms with E-state index in [1.165, 1.54) is 11.8 Å². The Morgan fingerprint density at radius 3 is 2.86 bits per heavy atom. The predicted molar refractivity (Wildman–Crippen MR) is 110 cm³/mol. The van der Waals surface area contributed by atoms with Gasteiger partial charge in [0.25, 0.3) is 0 Å². The molecule has 2 aliphatic rings. The molecule has 1 fully saturated rings. The highest BCUT2D eigenvalue weighted by Crippen LogP contribution is 2.66. The van der Waals surface area contributed by atoms with E-state index in [9.17, 15) is 4.79 Å². The van der Waals surface area contributed by atoms with Gasteiger partial charge in [0.2, 0.25) is 11.1 Å². The Kier molecular flexibility index (Phi) is 4.81. The average molecular weight is 399 g/mol. The van der Waals surface area contributed by atoms with E-state index in [0.29, 0.717) is 29.1 Å². The van der Waals surface area contributed by atoms with Gasteiger partial charge < -0.3 is 10.1 Å². The third-order valence-electron chi connectivity index (χ3n) is 6.57. The zero-order valence-electron chi connectivity index (χ0n) is 16.8. The number of fused-ring (bicyclic) bond motifs is 5. The summed E-state index contributed by atoms with van der Waals surface area (Å²) in [7, 11) is 0. The van der Waals surface area contributed by atoms with E-state index in [4.69, 9.17) is 9.72 Å². The van der Waals surface area contributed by atoms with Crippen LogP contribution in [0.2, 0.25) is 0 Å². The SMILES string of the molecule is CCOc1ccccc1NC(=O)CSc1nnc2c(n1)[C@@]1(C)CC[C@@H]2C1(C)C. The number of carbonyl (C=O) groups is 1. The van der Waals surface area contributed by atoms with Gasteiger partial charge >= 0.3 is 0 Å². The number of para-hydroxylation sites is 2. The zero-order chi connectivity index (χ0) is 19.9. The standard InChI is InChI=1S/C21H26N4O2S/c1-5-27-15-9-7-6-8-14(15)22-16(26)12-28-19-23-18-17(24-25-19)13-10-11-21(18,4)20(13,2)3/h6-9,13H,5,10-12H2,1-4H3,(H,22,26)/t13-,21+/m0/s1. The lowest BCUT2D eigenvalue weighted by atomic mass is 9.70. The topological polar surface area (TPSA) is 77.0 Å². The molecule has 0 aliphatic heterocycles. The molecule has 1 N–H and O–H groups in total. The fraction of sp³-hybridized carbons (Fsp3) is 0.524. The van der Waals surface area contributed by atoms with E-state index < -0.39 is 0 Å². The van der Waals surface area contributed by atoms with Crippen molar-refractivity contribution in [3.63, 3.8) is 0 Å². The number of aromatic nitrogens is 3. The van der Waals surface area contributed by atoms with Crippen LogP contribution in [0.15, 0.2) is 29.4 Å². The van der Waals surface area contributed by atoms with Crippen LogP contribution in [0.4, 0.5) is 5.69 Å². The number of amides is 1. The molecule has 28 heavy (non-hydrogen) atoms. The van der Waals surface area contributed by atoms with E-state index in [1.807, 2.05) is 31.2 Å². The molecule has 1 heterocycles. The van der Waals surface area contributed by atoms with Crippen LogP contribution in [0.25, 0.3) is 0 Å². The number of carbonyl (C=O) groups excluding carboxylic acids is 1. The summed E-state index contributed by atoms with van der Waals surface area (Å²) >= 11 is 1.32. The minimum atomic E-state index is -0.116. The maximum atomic E-state index is 12.4. The van der Waals surface area contributed by atoms with E-state index in [0.717, 1.165) is 24.2 Å². The monoisotopic (exact) mass is 398 g/mol. The lowest BCUT2D eigenvalue weighted by molar-refractivity contribution is -0.113. The highest BCUT2D eigenvalue weighted by atomic mass is 32.2. The normalized spacial score (nSPS) is 24.1. The Balaban J connectivity index is 1.44. The summed E-state index contributed by atoms with van der Waals surface area (Å²) in [5, 5.41) is 12.3. The number of anilines is 1. The summed E-state index contributed by atoms with van der Waals surface area (Å²) in [4.78, 5) is 17.2. The Hall–Kier alpha value is -2.15. The number of rotatable bonds is 6. The lowest BCUT2D eigenvalue weighted by Gasteiger charge is -2.33. The number of ether oxygens (including phenoxy) is 1. The first-order valence-electron chi connectivity index (χ1n) is 9.76. The molecule has 0 unspecified atom stereocenters. The van der Waals surface area contributed by atoms with Crippen LogP contribution in [0.1, 0.15) is 57.8 Å². The minimum Gasteiger partial charge on any atom is -0.492 e. The molecule has 4 rings (SSSR count). The molecule has 2 aromatic rings. The molecule has 6 nitrogen and oxygen atoms in total. The van der Waals surface area contributed by atoms with Crippen molar-refractivity contribution in [2.45, 2.75) is 57.0 Å². The molecule has 0 spiro atoms. The molecule has 1 saturated carbocycles. The van der Waals surface area contributed by atoms with Gasteiger partial charge in [-0.3, -0.25) is 4.79 Å². The van der Waals surface area contributed by atoms with Crippen LogP contribution < -0.4 is 10.1 Å². The van der Waals surface area contributed by atoms with Crippen LogP contribution in [0.3, 0.4) is 0 Å². The molecule has 7 heteroatoms. The van der Waals surface area contributed by atoms with Crippen molar-refractivity contribution in [2.24, 2.45) is 5.41 Å². The summed E-state index contributed by atoms with van der Waals surface area (Å²) in [6.07, 6.45) is 2.29. The number of hydrogen-bond acceptors (Lipinski definition) is 6. The number of nitrogens with zero attached hydrogens (tertiary/aromatic N) is 3. The third-order valence-corrected chi connectivity index (χ3v) is 7.40. The van der Waals surface area contributed by atoms with E-state index in [2.05, 4.69) is 36.3 Å². The van der Waals surface area contributed by atoms with Crippen LogP contribution in [0, 0.1) is 5.41 Å². The summed E-state index contributed by atoms with van der Waals surface area (Å²) < 4.78 is 5.55. The number of nitrogens with one attached hydrogen (secondary N) is 1. The lowest BCUT2D eigenvalue weighted by Crippen LogP contribution is -2.32. The molecule has 1 amide bonds. The molecule has 2 aliphatic carbocycles. The van der Waals surface area contributed by atoms with Crippen LogP contribution in [0.5, 0.6) is 5.75 Å². The van der Waals surface area contributed by atoms with Crippen molar-refractivity contribution in [2.75, 3.05) is 17.7 Å².